The fraction of sp³-hybridized carbons (Fsp3) is 0.0769. The maximum Gasteiger partial charge on any atom is 0.274 e. The van der Waals surface area contributed by atoms with Gasteiger partial charge in [0.2, 0.25) is 0 Å². The van der Waals surface area contributed by atoms with Crippen LogP contribution in [0.4, 0.5) is 5.69 Å². The lowest BCUT2D eigenvalue weighted by molar-refractivity contribution is 0.102. The van der Waals surface area contributed by atoms with E-state index in [2.05, 4.69) is 10.3 Å². The molecule has 0 spiro atoms. The fourth-order valence-corrected chi connectivity index (χ4v) is 1.73. The number of nitrogens with one attached hydrogen (secondary N) is 1. The van der Waals surface area contributed by atoms with Gasteiger partial charge in [0.1, 0.15) is 5.69 Å². The van der Waals surface area contributed by atoms with Crippen molar-refractivity contribution in [1.82, 2.24) is 4.98 Å². The molecule has 0 saturated heterocycles. The number of hydrogen-bond donors (Lipinski definition) is 1. The first-order chi connectivity index (χ1) is 8.56. The number of amides is 1. The molecular formula is C13H10Cl2N2O. The summed E-state index contributed by atoms with van der Waals surface area (Å²) in [7, 11) is 0. The summed E-state index contributed by atoms with van der Waals surface area (Å²) < 4.78 is 0. The van der Waals surface area contributed by atoms with Crippen LogP contribution in [0.1, 0.15) is 16.1 Å². The van der Waals surface area contributed by atoms with Gasteiger partial charge in [0.15, 0.2) is 0 Å². The molecule has 0 aliphatic carbocycles. The Labute approximate surface area is 115 Å². The maximum atomic E-state index is 11.9. The number of hydrogen-bond acceptors (Lipinski definition) is 2. The van der Waals surface area contributed by atoms with Crippen LogP contribution in [-0.4, -0.2) is 10.9 Å². The van der Waals surface area contributed by atoms with Crippen molar-refractivity contribution in [3.05, 3.63) is 57.8 Å². The Morgan fingerprint density at radius 2 is 2.00 bits per heavy atom. The summed E-state index contributed by atoms with van der Waals surface area (Å²) in [4.78, 5) is 15.8. The SMILES string of the molecule is Cc1ccc(NC(=O)c2cc(Cl)ccn2)cc1Cl. The first-order valence-corrected chi connectivity index (χ1v) is 6.01. The second kappa shape index (κ2) is 5.38. The van der Waals surface area contributed by atoms with Crippen molar-refractivity contribution in [2.45, 2.75) is 6.92 Å². The topological polar surface area (TPSA) is 42.0 Å². The molecule has 5 heteroatoms. The molecule has 0 atom stereocenters. The molecule has 0 aliphatic rings. The Morgan fingerprint density at radius 1 is 1.22 bits per heavy atom. The molecule has 0 saturated carbocycles. The first kappa shape index (κ1) is 12.9. The lowest BCUT2D eigenvalue weighted by Crippen LogP contribution is -2.13. The Kier molecular flexibility index (Phi) is 3.84. The van der Waals surface area contributed by atoms with Crippen LogP contribution in [-0.2, 0) is 0 Å². The second-order valence-corrected chi connectivity index (χ2v) is 4.62. The van der Waals surface area contributed by atoms with E-state index in [0.29, 0.717) is 15.7 Å². The predicted molar refractivity (Wildman–Crippen MR) is 73.4 cm³/mol. The van der Waals surface area contributed by atoms with Gasteiger partial charge in [0.25, 0.3) is 5.91 Å². The molecule has 0 unspecified atom stereocenters. The van der Waals surface area contributed by atoms with Gasteiger partial charge in [-0.25, -0.2) is 0 Å². The summed E-state index contributed by atoms with van der Waals surface area (Å²) in [6.45, 7) is 1.90. The minimum Gasteiger partial charge on any atom is -0.321 e. The number of carbonyl (C=O) groups excluding carboxylic acids is 1. The van der Waals surface area contributed by atoms with Gasteiger partial charge in [0.05, 0.1) is 0 Å². The highest BCUT2D eigenvalue weighted by atomic mass is 35.5. The maximum absolute atomic E-state index is 11.9. The lowest BCUT2D eigenvalue weighted by Gasteiger charge is -2.06. The quantitative estimate of drug-likeness (QED) is 0.905. The normalized spacial score (nSPS) is 10.2. The van der Waals surface area contributed by atoms with Crippen LogP contribution in [0.25, 0.3) is 0 Å². The molecule has 0 bridgehead atoms. The zero-order valence-electron chi connectivity index (χ0n) is 9.58. The Morgan fingerprint density at radius 3 is 2.67 bits per heavy atom. The summed E-state index contributed by atoms with van der Waals surface area (Å²) in [6.07, 6.45) is 1.49. The van der Waals surface area contributed by atoms with E-state index in [-0.39, 0.29) is 11.6 Å². The number of carbonyl (C=O) groups is 1. The van der Waals surface area contributed by atoms with Crippen molar-refractivity contribution in [3.8, 4) is 0 Å². The van der Waals surface area contributed by atoms with Gasteiger partial charge >= 0.3 is 0 Å². The second-order valence-electron chi connectivity index (χ2n) is 3.78. The van der Waals surface area contributed by atoms with E-state index < -0.39 is 0 Å². The molecule has 1 aromatic heterocycles. The van der Waals surface area contributed by atoms with Crippen molar-refractivity contribution in [2.24, 2.45) is 0 Å². The van der Waals surface area contributed by atoms with Gasteiger partial charge in [-0.05, 0) is 36.8 Å². The lowest BCUT2D eigenvalue weighted by atomic mass is 10.2. The third-order valence-electron chi connectivity index (χ3n) is 2.38. The number of aromatic nitrogens is 1. The molecule has 2 aromatic rings. The van der Waals surface area contributed by atoms with Gasteiger partial charge in [-0.3, -0.25) is 9.78 Å². The Balaban J connectivity index is 2.18. The third-order valence-corrected chi connectivity index (χ3v) is 3.03. The number of nitrogens with zero attached hydrogens (tertiary/aromatic N) is 1. The van der Waals surface area contributed by atoms with Crippen molar-refractivity contribution >= 4 is 34.8 Å². The average molecular weight is 281 g/mol. The van der Waals surface area contributed by atoms with Gasteiger partial charge in [-0.2, -0.15) is 0 Å². The van der Waals surface area contributed by atoms with Crippen LogP contribution < -0.4 is 5.32 Å². The molecule has 18 heavy (non-hydrogen) atoms. The fourth-order valence-electron chi connectivity index (χ4n) is 1.39. The summed E-state index contributed by atoms with van der Waals surface area (Å²) >= 11 is 11.8. The number of aryl methyl sites for hydroxylation is 1. The molecule has 1 aromatic carbocycles. The summed E-state index contributed by atoms with van der Waals surface area (Å²) in [5.74, 6) is -0.322. The van der Waals surface area contributed by atoms with Crippen LogP contribution in [0.3, 0.4) is 0 Å². The van der Waals surface area contributed by atoms with E-state index >= 15 is 0 Å². The molecule has 1 N–H and O–H groups in total. The molecule has 0 aliphatic heterocycles. The predicted octanol–water partition coefficient (Wildman–Crippen LogP) is 3.95. The minimum atomic E-state index is -0.322. The number of pyridine rings is 1. The van der Waals surface area contributed by atoms with E-state index in [1.807, 2.05) is 13.0 Å². The van der Waals surface area contributed by atoms with E-state index in [9.17, 15) is 4.79 Å². The number of anilines is 1. The molecular weight excluding hydrogens is 271 g/mol. The van der Waals surface area contributed by atoms with Gasteiger partial charge in [-0.15, -0.1) is 0 Å². The molecule has 1 heterocycles. The first-order valence-electron chi connectivity index (χ1n) is 5.25. The van der Waals surface area contributed by atoms with E-state index in [0.717, 1.165) is 5.56 Å². The zero-order valence-corrected chi connectivity index (χ0v) is 11.1. The zero-order chi connectivity index (χ0) is 13.1. The van der Waals surface area contributed by atoms with E-state index in [1.54, 1.807) is 18.2 Å². The number of halogens is 2. The van der Waals surface area contributed by atoms with Crippen molar-refractivity contribution in [1.29, 1.82) is 0 Å². The summed E-state index contributed by atoms with van der Waals surface area (Å²) in [5.41, 5.74) is 1.84. The van der Waals surface area contributed by atoms with E-state index in [4.69, 9.17) is 23.2 Å². The molecule has 2 rings (SSSR count). The Hall–Kier alpha value is -1.58. The summed E-state index contributed by atoms with van der Waals surface area (Å²) in [5, 5.41) is 3.78. The minimum absolute atomic E-state index is 0.263. The standard InChI is InChI=1S/C13H10Cl2N2O/c1-8-2-3-10(7-11(8)15)17-13(18)12-6-9(14)4-5-16-12/h2-7H,1H3,(H,17,18). The van der Waals surface area contributed by atoms with Gasteiger partial charge in [0, 0.05) is 21.9 Å². The Bertz CT molecular complexity index is 599. The van der Waals surface area contributed by atoms with Crippen LogP contribution in [0.5, 0.6) is 0 Å². The largest absolute Gasteiger partial charge is 0.321 e. The van der Waals surface area contributed by atoms with Crippen LogP contribution >= 0.6 is 23.2 Å². The molecule has 3 nitrogen and oxygen atoms in total. The number of benzene rings is 1. The highest BCUT2D eigenvalue weighted by Crippen LogP contribution is 2.20. The van der Waals surface area contributed by atoms with E-state index in [1.165, 1.54) is 12.3 Å². The summed E-state index contributed by atoms with van der Waals surface area (Å²) in [6, 6.07) is 8.43. The molecule has 0 fully saturated rings. The monoisotopic (exact) mass is 280 g/mol. The van der Waals surface area contributed by atoms with Crippen LogP contribution in [0, 0.1) is 6.92 Å². The molecule has 92 valence electrons. The number of rotatable bonds is 2. The average Bonchev–Trinajstić information content (AvgIpc) is 2.34. The third kappa shape index (κ3) is 3.00. The van der Waals surface area contributed by atoms with Crippen molar-refractivity contribution in [3.63, 3.8) is 0 Å². The highest BCUT2D eigenvalue weighted by molar-refractivity contribution is 6.32. The van der Waals surface area contributed by atoms with Gasteiger partial charge < -0.3 is 5.32 Å². The van der Waals surface area contributed by atoms with Gasteiger partial charge in [-0.1, -0.05) is 29.3 Å². The van der Waals surface area contributed by atoms with Crippen LogP contribution in [0.2, 0.25) is 10.0 Å². The highest BCUT2D eigenvalue weighted by Gasteiger charge is 2.08. The van der Waals surface area contributed by atoms with Crippen LogP contribution in [0.15, 0.2) is 36.5 Å². The van der Waals surface area contributed by atoms with Crippen molar-refractivity contribution < 1.29 is 4.79 Å². The smallest absolute Gasteiger partial charge is 0.274 e. The van der Waals surface area contributed by atoms with Crippen molar-refractivity contribution in [2.75, 3.05) is 5.32 Å². The molecule has 0 radical (unpaired) electrons. The molecule has 1 amide bonds.